The van der Waals surface area contributed by atoms with Gasteiger partial charge in [-0.05, 0) is 30.7 Å². The van der Waals surface area contributed by atoms with Crippen molar-refractivity contribution in [3.05, 3.63) is 59.4 Å². The number of aromatic nitrogens is 1. The maximum Gasteiger partial charge on any atom is 0.433 e. The average molecular weight is 448 g/mol. The Labute approximate surface area is 175 Å². The second kappa shape index (κ2) is 10.9. The predicted octanol–water partition coefficient (Wildman–Crippen LogP) is 6.16. The summed E-state index contributed by atoms with van der Waals surface area (Å²) in [5.74, 6) is -0.496. The predicted molar refractivity (Wildman–Crippen MR) is 104 cm³/mol. The van der Waals surface area contributed by atoms with Crippen molar-refractivity contribution in [1.82, 2.24) is 4.98 Å². The number of alkyl halides is 6. The number of halogens is 6. The van der Waals surface area contributed by atoms with Crippen LogP contribution in [0.1, 0.15) is 55.2 Å². The molecule has 0 saturated carbocycles. The molecule has 4 nitrogen and oxygen atoms in total. The lowest BCUT2D eigenvalue weighted by atomic mass is 10.1. The van der Waals surface area contributed by atoms with E-state index in [2.05, 4.69) is 4.98 Å². The molecule has 170 valence electrons. The van der Waals surface area contributed by atoms with E-state index in [1.54, 1.807) is 6.92 Å². The van der Waals surface area contributed by atoms with Gasteiger partial charge in [-0.2, -0.15) is 26.3 Å². The topological polar surface area (TPSA) is 50.3 Å². The minimum atomic E-state index is -4.45. The van der Waals surface area contributed by atoms with Crippen LogP contribution in [0.3, 0.4) is 0 Å². The van der Waals surface area contributed by atoms with Gasteiger partial charge in [-0.1, -0.05) is 26.0 Å². The van der Waals surface area contributed by atoms with Crippen LogP contribution in [0.5, 0.6) is 0 Å². The summed E-state index contributed by atoms with van der Waals surface area (Å²) in [5, 5.41) is 0. The number of nitrogens with zero attached hydrogens (tertiary/aromatic N) is 2. The molecule has 1 aromatic carbocycles. The van der Waals surface area contributed by atoms with Gasteiger partial charge in [-0.3, -0.25) is 9.59 Å². The first-order valence-electron chi connectivity index (χ1n) is 9.33. The van der Waals surface area contributed by atoms with Gasteiger partial charge in [0.25, 0.3) is 0 Å². The van der Waals surface area contributed by atoms with Gasteiger partial charge in [0.2, 0.25) is 5.91 Å². The number of amides is 1. The van der Waals surface area contributed by atoms with Crippen molar-refractivity contribution in [2.75, 3.05) is 11.4 Å². The first-order valence-corrected chi connectivity index (χ1v) is 9.33. The minimum Gasteiger partial charge on any atom is -0.311 e. The smallest absolute Gasteiger partial charge is 0.311 e. The van der Waals surface area contributed by atoms with E-state index in [-0.39, 0.29) is 23.7 Å². The number of ketones is 1. The fourth-order valence-corrected chi connectivity index (χ4v) is 2.48. The third-order valence-corrected chi connectivity index (χ3v) is 4.01. The van der Waals surface area contributed by atoms with Crippen molar-refractivity contribution >= 4 is 17.4 Å². The van der Waals surface area contributed by atoms with Gasteiger partial charge >= 0.3 is 12.4 Å². The van der Waals surface area contributed by atoms with E-state index in [0.717, 1.165) is 30.8 Å². The van der Waals surface area contributed by atoms with Crippen molar-refractivity contribution in [3.63, 3.8) is 0 Å². The summed E-state index contributed by atoms with van der Waals surface area (Å²) in [6.07, 6.45) is -6.84. The molecule has 2 rings (SSSR count). The van der Waals surface area contributed by atoms with Crippen molar-refractivity contribution < 1.29 is 35.9 Å². The monoisotopic (exact) mass is 448 g/mol. The van der Waals surface area contributed by atoms with Crippen LogP contribution in [-0.2, 0) is 17.1 Å². The van der Waals surface area contributed by atoms with Gasteiger partial charge in [-0.25, -0.2) is 4.98 Å². The van der Waals surface area contributed by atoms with Crippen LogP contribution in [0, 0.1) is 0 Å². The molecule has 0 aliphatic rings. The van der Waals surface area contributed by atoms with E-state index in [1.165, 1.54) is 30.0 Å². The molecule has 0 unspecified atom stereocenters. The molecule has 0 atom stereocenters. The van der Waals surface area contributed by atoms with Crippen molar-refractivity contribution in [3.8, 4) is 0 Å². The van der Waals surface area contributed by atoms with Crippen LogP contribution in [0.25, 0.3) is 0 Å². The summed E-state index contributed by atoms with van der Waals surface area (Å²) in [6.45, 7) is 5.33. The molecule has 0 N–H and O–H groups in total. The molecule has 1 amide bonds. The molecule has 1 aromatic heterocycles. The van der Waals surface area contributed by atoms with E-state index in [1.807, 2.05) is 6.92 Å². The van der Waals surface area contributed by atoms with Gasteiger partial charge in [0.1, 0.15) is 5.69 Å². The molecule has 0 bridgehead atoms. The van der Waals surface area contributed by atoms with E-state index in [4.69, 9.17) is 0 Å². The molecule has 1 heterocycles. The van der Waals surface area contributed by atoms with Gasteiger partial charge in [0, 0.05) is 25.5 Å². The zero-order valence-corrected chi connectivity index (χ0v) is 17.1. The summed E-state index contributed by atoms with van der Waals surface area (Å²) in [7, 11) is 0. The molecule has 31 heavy (non-hydrogen) atoms. The lowest BCUT2D eigenvalue weighted by Crippen LogP contribution is -2.29. The SMILES string of the molecule is CCC(=O)c1cccc(C(F)(F)F)c1.CCCN(C(C)=O)c1ccc(C(F)(F)F)nc1. The van der Waals surface area contributed by atoms with E-state index < -0.39 is 23.6 Å². The molecule has 10 heteroatoms. The fraction of sp³-hybridized carbons (Fsp3) is 0.381. The highest BCUT2D eigenvalue weighted by Crippen LogP contribution is 2.30. The first-order chi connectivity index (χ1) is 14.3. The Morgan fingerprint density at radius 1 is 0.968 bits per heavy atom. The first kappa shape index (κ1) is 26.1. The number of carbonyl (C=O) groups excluding carboxylic acids is 2. The van der Waals surface area contributed by atoms with E-state index in [9.17, 15) is 35.9 Å². The normalized spacial score (nSPS) is 11.4. The summed E-state index contributed by atoms with van der Waals surface area (Å²) in [6, 6.07) is 6.60. The van der Waals surface area contributed by atoms with E-state index in [0.29, 0.717) is 12.2 Å². The standard InChI is InChI=1S/C11H13F3N2O.C10H9F3O/c1-3-6-16(8(2)17)9-4-5-10(15-7-9)11(12,13)14;1-2-9(14)7-4-3-5-8(6-7)10(11,12)13/h4-5,7H,3,6H2,1-2H3;3-6H,2H2,1H3. The van der Waals surface area contributed by atoms with Gasteiger partial charge in [-0.15, -0.1) is 0 Å². The second-order valence-corrected chi connectivity index (χ2v) is 6.43. The molecule has 0 saturated heterocycles. The summed E-state index contributed by atoms with van der Waals surface area (Å²) >= 11 is 0. The lowest BCUT2D eigenvalue weighted by Gasteiger charge is -2.20. The molecule has 0 fully saturated rings. The molecular formula is C21H22F6N2O2. The number of rotatable bonds is 5. The van der Waals surface area contributed by atoms with Crippen molar-refractivity contribution in [1.29, 1.82) is 0 Å². The fourth-order valence-electron chi connectivity index (χ4n) is 2.48. The van der Waals surface area contributed by atoms with Crippen molar-refractivity contribution in [2.24, 2.45) is 0 Å². The minimum absolute atomic E-state index is 0.113. The van der Waals surface area contributed by atoms with Crippen molar-refractivity contribution in [2.45, 2.75) is 46.0 Å². The number of hydrogen-bond acceptors (Lipinski definition) is 3. The van der Waals surface area contributed by atoms with Crippen LogP contribution in [0.4, 0.5) is 32.0 Å². The Kier molecular flexibility index (Phi) is 9.20. The maximum absolute atomic E-state index is 12.3. The number of anilines is 1. The van der Waals surface area contributed by atoms with Gasteiger partial charge < -0.3 is 4.90 Å². The summed E-state index contributed by atoms with van der Waals surface area (Å²) in [5.41, 5.74) is -1.24. The zero-order chi connectivity index (χ0) is 23.8. The second-order valence-electron chi connectivity index (χ2n) is 6.43. The number of carbonyl (C=O) groups is 2. The largest absolute Gasteiger partial charge is 0.433 e. The third kappa shape index (κ3) is 8.03. The van der Waals surface area contributed by atoms with Crippen LogP contribution in [0.15, 0.2) is 42.6 Å². The lowest BCUT2D eigenvalue weighted by molar-refractivity contribution is -0.141. The zero-order valence-electron chi connectivity index (χ0n) is 17.1. The van der Waals surface area contributed by atoms with Crippen LogP contribution in [-0.4, -0.2) is 23.2 Å². The number of Topliss-reactive ketones (excluding diaryl/α,β-unsaturated/α-hetero) is 1. The highest BCUT2D eigenvalue weighted by Gasteiger charge is 2.32. The molecule has 0 aliphatic heterocycles. The quantitative estimate of drug-likeness (QED) is 0.407. The van der Waals surface area contributed by atoms with Crippen LogP contribution in [0.2, 0.25) is 0 Å². The number of hydrogen-bond donors (Lipinski definition) is 0. The Morgan fingerprint density at radius 2 is 1.61 bits per heavy atom. The molecule has 2 aromatic rings. The highest BCUT2D eigenvalue weighted by atomic mass is 19.4. The molecule has 0 radical (unpaired) electrons. The summed E-state index contributed by atoms with van der Waals surface area (Å²) in [4.78, 5) is 27.1. The Balaban J connectivity index is 0.000000316. The Bertz CT molecular complexity index is 877. The molecule has 0 aliphatic carbocycles. The van der Waals surface area contributed by atoms with Gasteiger partial charge in [0.05, 0.1) is 17.4 Å². The number of benzene rings is 1. The average Bonchev–Trinajstić information content (AvgIpc) is 2.70. The third-order valence-electron chi connectivity index (χ3n) is 4.01. The molecule has 0 spiro atoms. The highest BCUT2D eigenvalue weighted by molar-refractivity contribution is 5.96. The molecular weight excluding hydrogens is 426 g/mol. The van der Waals surface area contributed by atoms with Crippen LogP contribution < -0.4 is 4.90 Å². The Morgan fingerprint density at radius 3 is 2.03 bits per heavy atom. The van der Waals surface area contributed by atoms with Gasteiger partial charge in [0.15, 0.2) is 5.78 Å². The Hall–Kier alpha value is -2.91. The van der Waals surface area contributed by atoms with E-state index >= 15 is 0 Å². The number of pyridine rings is 1. The van der Waals surface area contributed by atoms with Crippen LogP contribution >= 0.6 is 0 Å². The maximum atomic E-state index is 12.3. The summed E-state index contributed by atoms with van der Waals surface area (Å²) < 4.78 is 73.5.